The molecule has 20 heavy (non-hydrogen) atoms. The third-order valence-corrected chi connectivity index (χ3v) is 2.96. The zero-order valence-corrected chi connectivity index (χ0v) is 11.6. The molecule has 2 nitrogen and oxygen atoms in total. The molecular weight excluding hydrogens is 277 g/mol. The minimum Gasteiger partial charge on any atom is -0.322 e. The average Bonchev–Trinajstić information content (AvgIpc) is 2.40. The lowest BCUT2D eigenvalue weighted by Gasteiger charge is -2.06. The van der Waals surface area contributed by atoms with E-state index in [4.69, 9.17) is 11.6 Å². The molecule has 0 fully saturated rings. The fourth-order valence-electron chi connectivity index (χ4n) is 1.72. The van der Waals surface area contributed by atoms with Crippen molar-refractivity contribution < 1.29 is 9.18 Å². The number of nitrogens with one attached hydrogen (secondary N) is 1. The average molecular weight is 290 g/mol. The van der Waals surface area contributed by atoms with Crippen molar-refractivity contribution in [3.8, 4) is 0 Å². The third kappa shape index (κ3) is 3.93. The zero-order valence-electron chi connectivity index (χ0n) is 10.9. The van der Waals surface area contributed by atoms with Gasteiger partial charge < -0.3 is 5.32 Å². The number of hydrogen-bond acceptors (Lipinski definition) is 1. The highest BCUT2D eigenvalue weighted by Gasteiger charge is 2.02. The van der Waals surface area contributed by atoms with Gasteiger partial charge in [0.2, 0.25) is 5.91 Å². The van der Waals surface area contributed by atoms with Crippen molar-refractivity contribution in [1.82, 2.24) is 0 Å². The fraction of sp³-hybridized carbons (Fsp3) is 0.0625. The van der Waals surface area contributed by atoms with Gasteiger partial charge in [0.1, 0.15) is 5.82 Å². The second kappa shape index (κ2) is 6.35. The Morgan fingerprint density at radius 3 is 2.75 bits per heavy atom. The lowest BCUT2D eigenvalue weighted by Crippen LogP contribution is -2.08. The molecule has 0 aromatic heterocycles. The van der Waals surface area contributed by atoms with E-state index in [2.05, 4.69) is 5.32 Å². The summed E-state index contributed by atoms with van der Waals surface area (Å²) in [6.07, 6.45) is 2.92. The van der Waals surface area contributed by atoms with Crippen molar-refractivity contribution >= 4 is 29.3 Å². The Kier molecular flexibility index (Phi) is 4.53. The predicted octanol–water partition coefficient (Wildman–Crippen LogP) is 4.44. The van der Waals surface area contributed by atoms with Crippen molar-refractivity contribution in [3.05, 3.63) is 70.5 Å². The van der Waals surface area contributed by atoms with E-state index in [-0.39, 0.29) is 11.7 Å². The molecule has 102 valence electrons. The van der Waals surface area contributed by atoms with E-state index in [0.29, 0.717) is 16.3 Å². The highest BCUT2D eigenvalue weighted by Crippen LogP contribution is 2.19. The smallest absolute Gasteiger partial charge is 0.248 e. The first kappa shape index (κ1) is 14.3. The minimum atomic E-state index is -0.332. The van der Waals surface area contributed by atoms with Crippen molar-refractivity contribution in [2.75, 3.05) is 5.32 Å². The Labute approximate surface area is 121 Å². The first-order valence-electron chi connectivity index (χ1n) is 6.05. The maximum absolute atomic E-state index is 13.0. The number of halogens is 2. The van der Waals surface area contributed by atoms with Gasteiger partial charge in [0.15, 0.2) is 0 Å². The second-order valence-electron chi connectivity index (χ2n) is 4.34. The largest absolute Gasteiger partial charge is 0.322 e. The summed E-state index contributed by atoms with van der Waals surface area (Å²) in [5.41, 5.74) is 2.21. The van der Waals surface area contributed by atoms with E-state index in [1.54, 1.807) is 36.4 Å². The Balaban J connectivity index is 2.05. The summed E-state index contributed by atoms with van der Waals surface area (Å²) in [6, 6.07) is 11.3. The topological polar surface area (TPSA) is 29.1 Å². The highest BCUT2D eigenvalue weighted by molar-refractivity contribution is 6.30. The van der Waals surface area contributed by atoms with E-state index < -0.39 is 0 Å². The van der Waals surface area contributed by atoms with Crippen LogP contribution in [0.1, 0.15) is 11.1 Å². The van der Waals surface area contributed by atoms with Crippen LogP contribution >= 0.6 is 11.6 Å². The minimum absolute atomic E-state index is 0.278. The number of hydrogen-bond donors (Lipinski definition) is 1. The molecular formula is C16H13ClFNO. The first-order chi connectivity index (χ1) is 9.54. The van der Waals surface area contributed by atoms with Crippen LogP contribution in [0.3, 0.4) is 0 Å². The van der Waals surface area contributed by atoms with Crippen LogP contribution in [-0.4, -0.2) is 5.91 Å². The molecule has 0 aliphatic carbocycles. The van der Waals surface area contributed by atoms with Crippen LogP contribution in [0.4, 0.5) is 10.1 Å². The lowest BCUT2D eigenvalue weighted by molar-refractivity contribution is -0.111. The molecule has 2 aromatic carbocycles. The van der Waals surface area contributed by atoms with Gasteiger partial charge in [-0.3, -0.25) is 4.79 Å². The van der Waals surface area contributed by atoms with Gasteiger partial charge in [-0.05, 0) is 54.5 Å². The molecule has 0 aliphatic heterocycles. The normalized spacial score (nSPS) is 10.8. The number of amides is 1. The summed E-state index contributed by atoms with van der Waals surface area (Å²) in [7, 11) is 0. The molecule has 1 N–H and O–H groups in total. The van der Waals surface area contributed by atoms with E-state index in [9.17, 15) is 9.18 Å². The van der Waals surface area contributed by atoms with Gasteiger partial charge in [-0.15, -0.1) is 0 Å². The van der Waals surface area contributed by atoms with Gasteiger partial charge in [-0.1, -0.05) is 23.7 Å². The summed E-state index contributed by atoms with van der Waals surface area (Å²) in [4.78, 5) is 11.8. The number of benzene rings is 2. The third-order valence-electron chi connectivity index (χ3n) is 2.72. The molecule has 0 saturated carbocycles. The van der Waals surface area contributed by atoms with Crippen molar-refractivity contribution in [2.45, 2.75) is 6.92 Å². The molecule has 4 heteroatoms. The number of carbonyl (C=O) groups excluding carboxylic acids is 1. The van der Waals surface area contributed by atoms with E-state index >= 15 is 0 Å². The van der Waals surface area contributed by atoms with Crippen LogP contribution < -0.4 is 5.32 Å². The summed E-state index contributed by atoms with van der Waals surface area (Å²) < 4.78 is 13.0. The molecule has 2 aromatic rings. The van der Waals surface area contributed by atoms with Crippen molar-refractivity contribution in [3.63, 3.8) is 0 Å². The van der Waals surface area contributed by atoms with E-state index in [0.717, 1.165) is 5.56 Å². The fourth-order valence-corrected chi connectivity index (χ4v) is 1.95. The SMILES string of the molecule is Cc1cc(Cl)ccc1NC(=O)/C=C/c1cccc(F)c1. The van der Waals surface area contributed by atoms with E-state index in [1.807, 2.05) is 6.92 Å². The van der Waals surface area contributed by atoms with Crippen molar-refractivity contribution in [1.29, 1.82) is 0 Å². The molecule has 0 aliphatic rings. The number of anilines is 1. The van der Waals surface area contributed by atoms with Crippen LogP contribution in [0, 0.1) is 12.7 Å². The van der Waals surface area contributed by atoms with Crippen molar-refractivity contribution in [2.24, 2.45) is 0 Å². The molecule has 1 amide bonds. The highest BCUT2D eigenvalue weighted by atomic mass is 35.5. The van der Waals surface area contributed by atoms with Crippen LogP contribution in [-0.2, 0) is 4.79 Å². The predicted molar refractivity (Wildman–Crippen MR) is 80.3 cm³/mol. The second-order valence-corrected chi connectivity index (χ2v) is 4.77. The zero-order chi connectivity index (χ0) is 14.5. The van der Waals surface area contributed by atoms with Gasteiger partial charge in [-0.2, -0.15) is 0 Å². The van der Waals surface area contributed by atoms with E-state index in [1.165, 1.54) is 18.2 Å². The molecule has 0 radical (unpaired) electrons. The van der Waals surface area contributed by atoms with Gasteiger partial charge in [0.05, 0.1) is 0 Å². The molecule has 0 spiro atoms. The number of carbonyl (C=O) groups is 1. The standard InChI is InChI=1S/C16H13ClFNO/c1-11-9-13(17)6-7-15(11)19-16(20)8-5-12-3-2-4-14(18)10-12/h2-10H,1H3,(H,19,20)/b8-5+. The maximum atomic E-state index is 13.0. The number of aryl methyl sites for hydroxylation is 1. The molecule has 0 saturated heterocycles. The quantitative estimate of drug-likeness (QED) is 0.832. The molecule has 0 unspecified atom stereocenters. The van der Waals surface area contributed by atoms with Gasteiger partial charge >= 0.3 is 0 Å². The van der Waals surface area contributed by atoms with Gasteiger partial charge in [-0.25, -0.2) is 4.39 Å². The Bertz CT molecular complexity index is 667. The van der Waals surface area contributed by atoms with Crippen LogP contribution in [0.25, 0.3) is 6.08 Å². The molecule has 0 bridgehead atoms. The van der Waals surface area contributed by atoms with Crippen LogP contribution in [0.2, 0.25) is 5.02 Å². The summed E-state index contributed by atoms with van der Waals surface area (Å²) in [5.74, 6) is -0.610. The monoisotopic (exact) mass is 289 g/mol. The summed E-state index contributed by atoms with van der Waals surface area (Å²) >= 11 is 5.85. The number of rotatable bonds is 3. The van der Waals surface area contributed by atoms with Gasteiger partial charge in [0.25, 0.3) is 0 Å². The van der Waals surface area contributed by atoms with Crippen LogP contribution in [0.5, 0.6) is 0 Å². The Hall–Kier alpha value is -2.13. The lowest BCUT2D eigenvalue weighted by atomic mass is 10.2. The Morgan fingerprint density at radius 2 is 2.05 bits per heavy atom. The Morgan fingerprint density at radius 1 is 1.25 bits per heavy atom. The molecule has 0 atom stereocenters. The first-order valence-corrected chi connectivity index (χ1v) is 6.43. The molecule has 0 heterocycles. The maximum Gasteiger partial charge on any atom is 0.248 e. The summed E-state index contributed by atoms with van der Waals surface area (Å²) in [6.45, 7) is 1.86. The van der Waals surface area contributed by atoms with Crippen LogP contribution in [0.15, 0.2) is 48.5 Å². The molecule has 2 rings (SSSR count). The van der Waals surface area contributed by atoms with Gasteiger partial charge in [0, 0.05) is 16.8 Å². The summed E-state index contributed by atoms with van der Waals surface area (Å²) in [5, 5.41) is 3.37.